The summed E-state index contributed by atoms with van der Waals surface area (Å²) in [7, 11) is 5.69. The minimum atomic E-state index is -0.216. The van der Waals surface area contributed by atoms with Crippen LogP contribution in [0.5, 0.6) is 0 Å². The number of benzene rings is 2. The maximum atomic E-state index is 5.69. The summed E-state index contributed by atoms with van der Waals surface area (Å²) in [5, 5.41) is 0. The van der Waals surface area contributed by atoms with Crippen LogP contribution in [-0.4, -0.2) is 8.05 Å². The van der Waals surface area contributed by atoms with Crippen LogP contribution in [-0.2, 0) is 4.65 Å². The normalized spacial score (nSPS) is 11.2. The lowest BCUT2D eigenvalue weighted by Gasteiger charge is -2.25. The van der Waals surface area contributed by atoms with Crippen molar-refractivity contribution in [2.24, 2.45) is 0 Å². The van der Waals surface area contributed by atoms with E-state index in [4.69, 9.17) is 12.7 Å². The SMILES string of the molecule is [B]OC(c1c(C)cc(C)cc1C)c1c(C)cc(C)cc1C. The molecule has 21 heavy (non-hydrogen) atoms. The molecule has 2 aromatic rings. The Kier molecular flexibility index (Phi) is 4.58. The molecule has 2 rings (SSSR count). The predicted octanol–water partition coefficient (Wildman–Crippen LogP) is 4.73. The van der Waals surface area contributed by atoms with Gasteiger partial charge in [0.15, 0.2) is 0 Å². The van der Waals surface area contributed by atoms with Gasteiger partial charge in [0.05, 0.1) is 6.10 Å². The summed E-state index contributed by atoms with van der Waals surface area (Å²) in [6.45, 7) is 12.7. The maximum absolute atomic E-state index is 5.69. The van der Waals surface area contributed by atoms with Crippen LogP contribution in [0.4, 0.5) is 0 Å². The zero-order chi connectivity index (χ0) is 15.7. The van der Waals surface area contributed by atoms with Crippen molar-refractivity contribution >= 4 is 8.05 Å². The summed E-state index contributed by atoms with van der Waals surface area (Å²) < 4.78 is 5.43. The molecule has 1 nitrogen and oxygen atoms in total. The Hall–Kier alpha value is -1.54. The standard InChI is InChI=1S/C19H23BO/c1-11-7-13(3)17(14(4)8-11)19(21-20)18-15(5)9-12(2)10-16(18)6/h7-10,19H,1-6H3. The first-order chi connectivity index (χ1) is 9.85. The predicted molar refractivity (Wildman–Crippen MR) is 90.0 cm³/mol. The molecule has 0 amide bonds. The smallest absolute Gasteiger partial charge is 0.283 e. The summed E-state index contributed by atoms with van der Waals surface area (Å²) in [5.74, 6) is 0. The lowest BCUT2D eigenvalue weighted by atomic mass is 9.87. The minimum Gasteiger partial charge on any atom is -0.437 e. The molecule has 108 valence electrons. The number of hydrogen-bond donors (Lipinski definition) is 0. The lowest BCUT2D eigenvalue weighted by Crippen LogP contribution is -2.12. The maximum Gasteiger partial charge on any atom is 0.283 e. The quantitative estimate of drug-likeness (QED) is 0.738. The van der Waals surface area contributed by atoms with Gasteiger partial charge in [-0.2, -0.15) is 0 Å². The average molecular weight is 278 g/mol. The van der Waals surface area contributed by atoms with Gasteiger partial charge in [-0.05, 0) is 74.9 Å². The van der Waals surface area contributed by atoms with E-state index in [0.717, 1.165) is 0 Å². The van der Waals surface area contributed by atoms with Crippen LogP contribution in [0, 0.1) is 41.5 Å². The molecule has 0 bridgehead atoms. The van der Waals surface area contributed by atoms with Gasteiger partial charge in [-0.3, -0.25) is 0 Å². The molecular formula is C19H23BO. The molecule has 2 heteroatoms. The van der Waals surface area contributed by atoms with Gasteiger partial charge < -0.3 is 4.65 Å². The van der Waals surface area contributed by atoms with Gasteiger partial charge in [-0.15, -0.1) is 0 Å². The van der Waals surface area contributed by atoms with E-state index < -0.39 is 0 Å². The van der Waals surface area contributed by atoms with Gasteiger partial charge in [0.2, 0.25) is 0 Å². The van der Waals surface area contributed by atoms with E-state index in [1.165, 1.54) is 44.5 Å². The second kappa shape index (κ2) is 6.07. The molecule has 2 radical (unpaired) electrons. The molecule has 2 aromatic carbocycles. The Morgan fingerprint density at radius 2 is 0.952 bits per heavy atom. The summed E-state index contributed by atoms with van der Waals surface area (Å²) in [5.41, 5.74) is 9.79. The Balaban J connectivity index is 2.66. The van der Waals surface area contributed by atoms with Gasteiger partial charge in [-0.1, -0.05) is 35.4 Å². The third kappa shape index (κ3) is 3.06. The molecule has 0 aliphatic heterocycles. The Morgan fingerprint density at radius 1 is 0.667 bits per heavy atom. The van der Waals surface area contributed by atoms with Crippen molar-refractivity contribution < 1.29 is 4.65 Å². The fourth-order valence-corrected chi connectivity index (χ4v) is 3.49. The van der Waals surface area contributed by atoms with Crippen molar-refractivity contribution in [3.05, 3.63) is 68.8 Å². The molecule has 0 aliphatic carbocycles. The van der Waals surface area contributed by atoms with Crippen LogP contribution in [0.25, 0.3) is 0 Å². The molecule has 0 unspecified atom stereocenters. The molecule has 0 spiro atoms. The molecule has 0 saturated heterocycles. The average Bonchev–Trinajstić information content (AvgIpc) is 2.34. The Labute approximate surface area is 129 Å². The van der Waals surface area contributed by atoms with E-state index in [1.54, 1.807) is 0 Å². The molecule has 0 heterocycles. The fourth-order valence-electron chi connectivity index (χ4n) is 3.49. The molecule has 0 N–H and O–H groups in total. The third-order valence-electron chi connectivity index (χ3n) is 4.14. The summed E-state index contributed by atoms with van der Waals surface area (Å²) >= 11 is 0. The first-order valence-electron chi connectivity index (χ1n) is 7.36. The first-order valence-corrected chi connectivity index (χ1v) is 7.36. The van der Waals surface area contributed by atoms with Crippen LogP contribution in [0.3, 0.4) is 0 Å². The van der Waals surface area contributed by atoms with E-state index in [0.29, 0.717) is 0 Å². The molecule has 0 aliphatic rings. The largest absolute Gasteiger partial charge is 0.437 e. The molecule has 0 fully saturated rings. The lowest BCUT2D eigenvalue weighted by molar-refractivity contribution is 0.269. The van der Waals surface area contributed by atoms with Gasteiger partial charge in [0.1, 0.15) is 0 Å². The highest BCUT2D eigenvalue weighted by Gasteiger charge is 2.21. The Bertz CT molecular complexity index is 570. The molecule has 0 atom stereocenters. The van der Waals surface area contributed by atoms with Crippen LogP contribution >= 0.6 is 0 Å². The van der Waals surface area contributed by atoms with E-state index >= 15 is 0 Å². The third-order valence-corrected chi connectivity index (χ3v) is 4.14. The zero-order valence-electron chi connectivity index (χ0n) is 13.9. The van der Waals surface area contributed by atoms with E-state index in [-0.39, 0.29) is 6.10 Å². The van der Waals surface area contributed by atoms with Gasteiger partial charge in [-0.25, -0.2) is 0 Å². The molecule has 0 aromatic heterocycles. The summed E-state index contributed by atoms with van der Waals surface area (Å²) in [6.07, 6.45) is -0.216. The highest BCUT2D eigenvalue weighted by molar-refractivity contribution is 5.98. The van der Waals surface area contributed by atoms with Crippen LogP contribution in [0.2, 0.25) is 0 Å². The van der Waals surface area contributed by atoms with E-state index in [1.807, 2.05) is 0 Å². The molecular weight excluding hydrogens is 255 g/mol. The summed E-state index contributed by atoms with van der Waals surface area (Å²) in [4.78, 5) is 0. The van der Waals surface area contributed by atoms with Gasteiger partial charge in [0.25, 0.3) is 8.05 Å². The summed E-state index contributed by atoms with van der Waals surface area (Å²) in [6, 6.07) is 8.75. The molecule has 0 saturated carbocycles. The van der Waals surface area contributed by atoms with Crippen LogP contribution in [0.15, 0.2) is 24.3 Å². The van der Waals surface area contributed by atoms with Gasteiger partial charge in [0, 0.05) is 0 Å². The van der Waals surface area contributed by atoms with E-state index in [9.17, 15) is 0 Å². The highest BCUT2D eigenvalue weighted by atomic mass is 16.4. The Morgan fingerprint density at radius 3 is 1.19 bits per heavy atom. The second-order valence-electron chi connectivity index (χ2n) is 6.14. The van der Waals surface area contributed by atoms with Crippen molar-refractivity contribution in [1.82, 2.24) is 0 Å². The monoisotopic (exact) mass is 278 g/mol. The minimum absolute atomic E-state index is 0.216. The number of hydrogen-bond acceptors (Lipinski definition) is 1. The highest BCUT2D eigenvalue weighted by Crippen LogP contribution is 2.35. The van der Waals surface area contributed by atoms with Gasteiger partial charge >= 0.3 is 0 Å². The topological polar surface area (TPSA) is 9.23 Å². The second-order valence-corrected chi connectivity index (χ2v) is 6.14. The van der Waals surface area contributed by atoms with Crippen molar-refractivity contribution in [2.75, 3.05) is 0 Å². The van der Waals surface area contributed by atoms with Crippen LogP contribution < -0.4 is 0 Å². The fraction of sp³-hybridized carbons (Fsp3) is 0.368. The first kappa shape index (κ1) is 15.8. The van der Waals surface area contributed by atoms with Crippen LogP contribution in [0.1, 0.15) is 50.6 Å². The van der Waals surface area contributed by atoms with Crippen molar-refractivity contribution in [3.8, 4) is 0 Å². The zero-order valence-corrected chi connectivity index (χ0v) is 13.9. The van der Waals surface area contributed by atoms with E-state index in [2.05, 4.69) is 65.8 Å². The van der Waals surface area contributed by atoms with Crippen molar-refractivity contribution in [3.63, 3.8) is 0 Å². The number of rotatable bonds is 3. The van der Waals surface area contributed by atoms with Crippen molar-refractivity contribution in [1.29, 1.82) is 0 Å². The number of aryl methyl sites for hydroxylation is 6. The van der Waals surface area contributed by atoms with Crippen molar-refractivity contribution in [2.45, 2.75) is 47.6 Å².